The molecule has 0 bridgehead atoms. The van der Waals surface area contributed by atoms with E-state index in [1.165, 1.54) is 19.1 Å². The third-order valence-corrected chi connectivity index (χ3v) is 4.21. The van der Waals surface area contributed by atoms with Gasteiger partial charge in [0.15, 0.2) is 0 Å². The molecule has 6 heteroatoms. The molecule has 0 saturated carbocycles. The van der Waals surface area contributed by atoms with E-state index in [-0.39, 0.29) is 17.0 Å². The quantitative estimate of drug-likeness (QED) is 0.880. The van der Waals surface area contributed by atoms with E-state index in [1.807, 2.05) is 0 Å². The molecule has 18 heavy (non-hydrogen) atoms. The molecule has 0 atom stereocenters. The Labute approximate surface area is 107 Å². The van der Waals surface area contributed by atoms with E-state index in [2.05, 4.69) is 4.72 Å². The van der Waals surface area contributed by atoms with Crippen LogP contribution in [0.1, 0.15) is 31.9 Å². The van der Waals surface area contributed by atoms with E-state index in [0.717, 1.165) is 0 Å². The molecule has 0 saturated heterocycles. The molecular weight excluding hydrogens is 255 g/mol. The lowest BCUT2D eigenvalue weighted by Crippen LogP contribution is -2.40. The summed E-state index contributed by atoms with van der Waals surface area (Å²) in [6, 6.07) is 2.66. The molecule has 0 amide bonds. The van der Waals surface area contributed by atoms with Gasteiger partial charge in [0.25, 0.3) is 0 Å². The van der Waals surface area contributed by atoms with Gasteiger partial charge in [-0.1, -0.05) is 0 Å². The molecule has 0 aliphatic carbocycles. The summed E-state index contributed by atoms with van der Waals surface area (Å²) in [5.41, 5.74) is 5.35. The molecule has 0 aliphatic rings. The van der Waals surface area contributed by atoms with Gasteiger partial charge >= 0.3 is 0 Å². The number of benzene rings is 1. The molecule has 0 unspecified atom stereocenters. The largest absolute Gasteiger partial charge is 0.326 e. The highest BCUT2D eigenvalue weighted by Gasteiger charge is 2.25. The summed E-state index contributed by atoms with van der Waals surface area (Å²) in [5, 5.41) is 0. The maximum Gasteiger partial charge on any atom is 0.241 e. The van der Waals surface area contributed by atoms with Gasteiger partial charge < -0.3 is 5.73 Å². The number of halogens is 1. The van der Waals surface area contributed by atoms with Crippen molar-refractivity contribution in [1.82, 2.24) is 4.72 Å². The lowest BCUT2D eigenvalue weighted by atomic mass is 10.1. The molecule has 1 aromatic carbocycles. The van der Waals surface area contributed by atoms with Gasteiger partial charge in [-0.15, -0.1) is 0 Å². The van der Waals surface area contributed by atoms with Gasteiger partial charge in [0.1, 0.15) is 5.82 Å². The Balaban J connectivity index is 3.36. The molecule has 1 aromatic rings. The van der Waals surface area contributed by atoms with Crippen molar-refractivity contribution in [2.75, 3.05) is 0 Å². The smallest absolute Gasteiger partial charge is 0.241 e. The second-order valence-electron chi connectivity index (χ2n) is 5.26. The van der Waals surface area contributed by atoms with Crippen molar-refractivity contribution < 1.29 is 12.8 Å². The second kappa shape index (κ2) is 4.95. The second-order valence-corrected chi connectivity index (χ2v) is 6.91. The van der Waals surface area contributed by atoms with Crippen LogP contribution in [0.4, 0.5) is 4.39 Å². The van der Waals surface area contributed by atoms with Gasteiger partial charge in [-0.3, -0.25) is 0 Å². The van der Waals surface area contributed by atoms with Crippen LogP contribution in [0.25, 0.3) is 0 Å². The van der Waals surface area contributed by atoms with E-state index in [0.29, 0.717) is 5.56 Å². The number of hydrogen-bond acceptors (Lipinski definition) is 3. The van der Waals surface area contributed by atoms with Crippen molar-refractivity contribution in [3.8, 4) is 0 Å². The van der Waals surface area contributed by atoms with Crippen molar-refractivity contribution in [2.45, 2.75) is 44.7 Å². The summed E-state index contributed by atoms with van der Waals surface area (Å²) in [7, 11) is -3.75. The molecule has 102 valence electrons. The highest BCUT2D eigenvalue weighted by molar-refractivity contribution is 7.89. The maximum atomic E-state index is 13.6. The predicted octanol–water partition coefficient (Wildman–Crippen LogP) is 1.67. The van der Waals surface area contributed by atoms with Crippen LogP contribution >= 0.6 is 0 Å². The first-order valence-electron chi connectivity index (χ1n) is 5.60. The monoisotopic (exact) mass is 274 g/mol. The third kappa shape index (κ3) is 3.51. The average Bonchev–Trinajstić information content (AvgIpc) is 2.17. The Hall–Kier alpha value is -0.980. The van der Waals surface area contributed by atoms with Gasteiger partial charge in [0, 0.05) is 17.6 Å². The standard InChI is InChI=1S/C12H19FN2O2S/c1-8-10(13)5-9(7-14)6-11(8)18(16,17)15-12(2,3)4/h5-6,15H,7,14H2,1-4H3. The summed E-state index contributed by atoms with van der Waals surface area (Å²) in [6.45, 7) is 6.71. The van der Waals surface area contributed by atoms with Crippen molar-refractivity contribution in [3.05, 3.63) is 29.1 Å². The van der Waals surface area contributed by atoms with Gasteiger partial charge in [-0.05, 0) is 45.4 Å². The minimum Gasteiger partial charge on any atom is -0.326 e. The molecule has 0 spiro atoms. The summed E-state index contributed by atoms with van der Waals surface area (Å²) < 4.78 is 40.5. The summed E-state index contributed by atoms with van der Waals surface area (Å²) >= 11 is 0. The van der Waals surface area contributed by atoms with Gasteiger partial charge in [0.2, 0.25) is 10.0 Å². The molecule has 0 aliphatic heterocycles. The SMILES string of the molecule is Cc1c(F)cc(CN)cc1S(=O)(=O)NC(C)(C)C. The maximum absolute atomic E-state index is 13.6. The van der Waals surface area contributed by atoms with Gasteiger partial charge in [-0.25, -0.2) is 17.5 Å². The lowest BCUT2D eigenvalue weighted by molar-refractivity contribution is 0.490. The zero-order chi connectivity index (χ0) is 14.1. The minimum absolute atomic E-state index is 0.0575. The number of hydrogen-bond donors (Lipinski definition) is 2. The third-order valence-electron chi connectivity index (χ3n) is 2.32. The molecule has 0 fully saturated rings. The molecule has 0 heterocycles. The summed E-state index contributed by atoms with van der Waals surface area (Å²) in [6.07, 6.45) is 0. The van der Waals surface area contributed by atoms with E-state index < -0.39 is 21.4 Å². The molecule has 3 N–H and O–H groups in total. The molecule has 4 nitrogen and oxygen atoms in total. The molecule has 0 aromatic heterocycles. The lowest BCUT2D eigenvalue weighted by Gasteiger charge is -2.21. The number of rotatable bonds is 3. The van der Waals surface area contributed by atoms with Crippen LogP contribution in [-0.2, 0) is 16.6 Å². The van der Waals surface area contributed by atoms with Crippen LogP contribution in [0.2, 0.25) is 0 Å². The Morgan fingerprint density at radius 2 is 1.89 bits per heavy atom. The van der Waals surface area contributed by atoms with Gasteiger partial charge in [0.05, 0.1) is 4.90 Å². The fourth-order valence-corrected chi connectivity index (χ4v) is 3.29. The highest BCUT2D eigenvalue weighted by Crippen LogP contribution is 2.21. The normalized spacial score (nSPS) is 12.8. The van der Waals surface area contributed by atoms with E-state index in [4.69, 9.17) is 5.73 Å². The highest BCUT2D eigenvalue weighted by atomic mass is 32.2. The fraction of sp³-hybridized carbons (Fsp3) is 0.500. The number of sulfonamides is 1. The van der Waals surface area contributed by atoms with Crippen molar-refractivity contribution in [3.63, 3.8) is 0 Å². The van der Waals surface area contributed by atoms with Crippen molar-refractivity contribution in [2.24, 2.45) is 5.73 Å². The minimum atomic E-state index is -3.75. The van der Waals surface area contributed by atoms with Crippen LogP contribution in [0.3, 0.4) is 0 Å². The first kappa shape index (κ1) is 15.1. The topological polar surface area (TPSA) is 72.2 Å². The van der Waals surface area contributed by atoms with Crippen LogP contribution in [-0.4, -0.2) is 14.0 Å². The fourth-order valence-electron chi connectivity index (χ4n) is 1.56. The van der Waals surface area contributed by atoms with Crippen molar-refractivity contribution in [1.29, 1.82) is 0 Å². The summed E-state index contributed by atoms with van der Waals surface area (Å²) in [5.74, 6) is -0.563. The number of nitrogens with two attached hydrogens (primary N) is 1. The van der Waals surface area contributed by atoms with E-state index in [1.54, 1.807) is 20.8 Å². The molecule has 1 rings (SSSR count). The average molecular weight is 274 g/mol. The van der Waals surface area contributed by atoms with Crippen LogP contribution < -0.4 is 10.5 Å². The van der Waals surface area contributed by atoms with Crippen LogP contribution in [0.5, 0.6) is 0 Å². The molecular formula is C12H19FN2O2S. The van der Waals surface area contributed by atoms with Crippen LogP contribution in [0.15, 0.2) is 17.0 Å². The van der Waals surface area contributed by atoms with E-state index in [9.17, 15) is 12.8 Å². The number of nitrogens with one attached hydrogen (secondary N) is 1. The zero-order valence-electron chi connectivity index (χ0n) is 11.0. The first-order chi connectivity index (χ1) is 8.07. The summed E-state index contributed by atoms with van der Waals surface area (Å²) in [4.78, 5) is -0.0575. The Kier molecular flexibility index (Phi) is 4.15. The van der Waals surface area contributed by atoms with Gasteiger partial charge in [-0.2, -0.15) is 0 Å². The predicted molar refractivity (Wildman–Crippen MR) is 69.1 cm³/mol. The Morgan fingerprint density at radius 3 is 2.33 bits per heavy atom. The molecule has 0 radical (unpaired) electrons. The Morgan fingerprint density at radius 1 is 1.33 bits per heavy atom. The zero-order valence-corrected chi connectivity index (χ0v) is 11.9. The van der Waals surface area contributed by atoms with Crippen LogP contribution in [0, 0.1) is 12.7 Å². The van der Waals surface area contributed by atoms with E-state index >= 15 is 0 Å². The first-order valence-corrected chi connectivity index (χ1v) is 7.08. The van der Waals surface area contributed by atoms with Crippen molar-refractivity contribution >= 4 is 10.0 Å². The Bertz CT molecular complexity index is 548.